The van der Waals surface area contributed by atoms with E-state index in [1.807, 2.05) is 0 Å². The fourth-order valence-corrected chi connectivity index (χ4v) is 3.67. The van der Waals surface area contributed by atoms with E-state index in [4.69, 9.17) is 11.6 Å². The van der Waals surface area contributed by atoms with E-state index in [-0.39, 0.29) is 32.3 Å². The number of hydrogen-bond acceptors (Lipinski definition) is 6. The molecule has 0 radical (unpaired) electrons. The van der Waals surface area contributed by atoms with Gasteiger partial charge in [-0.3, -0.25) is 10.1 Å². The second kappa shape index (κ2) is 8.19. The smallest absolute Gasteiger partial charge is 0.355 e. The molecular weight excluding hydrogens is 429 g/mol. The van der Waals surface area contributed by atoms with Gasteiger partial charge >= 0.3 is 10.5 Å². The van der Waals surface area contributed by atoms with Crippen LogP contribution in [0.25, 0.3) is 0 Å². The molecule has 6 nitrogen and oxygen atoms in total. The summed E-state index contributed by atoms with van der Waals surface area (Å²) in [6.45, 7) is 0. The predicted octanol–water partition coefficient (Wildman–Crippen LogP) is 4.91. The Hall–Kier alpha value is -2.24. The third-order valence-corrected chi connectivity index (χ3v) is 5.73. The lowest BCUT2D eigenvalue weighted by atomic mass is 10.3. The highest BCUT2D eigenvalue weighted by Crippen LogP contribution is 2.37. The number of rotatable bonds is 6. The highest BCUT2D eigenvalue weighted by atomic mass is 35.5. The van der Waals surface area contributed by atoms with E-state index >= 15 is 0 Å². The maximum absolute atomic E-state index is 12.4. The van der Waals surface area contributed by atoms with Gasteiger partial charge in [0.1, 0.15) is 0 Å². The molecule has 0 bridgehead atoms. The van der Waals surface area contributed by atoms with E-state index in [0.717, 1.165) is 24.3 Å². The van der Waals surface area contributed by atoms with Crippen molar-refractivity contribution in [1.82, 2.24) is 0 Å². The van der Waals surface area contributed by atoms with Crippen LogP contribution in [0.2, 0.25) is 5.02 Å². The lowest BCUT2D eigenvalue weighted by Crippen LogP contribution is -2.14. The second-order valence-electron chi connectivity index (χ2n) is 4.91. The predicted molar refractivity (Wildman–Crippen MR) is 95.7 cm³/mol. The Kier molecular flexibility index (Phi) is 6.39. The molecule has 0 aliphatic carbocycles. The molecule has 0 fully saturated rings. The van der Waals surface area contributed by atoms with Crippen molar-refractivity contribution in [1.29, 1.82) is 0 Å². The van der Waals surface area contributed by atoms with Crippen LogP contribution in [0.1, 0.15) is 0 Å². The van der Waals surface area contributed by atoms with Crippen LogP contribution in [-0.4, -0.2) is 18.8 Å². The Labute approximate surface area is 161 Å². The SMILES string of the molecule is O=[N+]([O-])/C(=C\Nc1ccc(SC(F)(F)F)cc1)S(=O)(=O)c1ccc(Cl)cc1. The molecule has 27 heavy (non-hydrogen) atoms. The Morgan fingerprint density at radius 1 is 1.11 bits per heavy atom. The van der Waals surface area contributed by atoms with Gasteiger partial charge in [0.05, 0.1) is 16.0 Å². The molecule has 144 valence electrons. The molecule has 0 saturated carbocycles. The third kappa shape index (κ3) is 5.88. The summed E-state index contributed by atoms with van der Waals surface area (Å²) in [5.41, 5.74) is -4.27. The molecule has 0 amide bonds. The molecule has 0 atom stereocenters. The number of thioether (sulfide) groups is 1. The normalized spacial score (nSPS) is 12.7. The Morgan fingerprint density at radius 3 is 2.15 bits per heavy atom. The average Bonchev–Trinajstić information content (AvgIpc) is 2.55. The van der Waals surface area contributed by atoms with Crippen molar-refractivity contribution in [2.75, 3.05) is 5.32 Å². The highest BCUT2D eigenvalue weighted by molar-refractivity contribution is 8.00. The molecule has 12 heteroatoms. The van der Waals surface area contributed by atoms with Crippen LogP contribution in [0.4, 0.5) is 18.9 Å². The van der Waals surface area contributed by atoms with Crippen LogP contribution in [0.15, 0.2) is 69.6 Å². The number of halogens is 4. The number of hydrogen-bond donors (Lipinski definition) is 1. The zero-order valence-electron chi connectivity index (χ0n) is 13.1. The number of sulfone groups is 1. The first-order valence-electron chi connectivity index (χ1n) is 6.96. The number of nitrogens with zero attached hydrogens (tertiary/aromatic N) is 1. The molecule has 0 unspecified atom stereocenters. The van der Waals surface area contributed by atoms with Crippen LogP contribution in [0.3, 0.4) is 0 Å². The molecule has 0 aromatic heterocycles. The van der Waals surface area contributed by atoms with Crippen LogP contribution in [0, 0.1) is 10.1 Å². The van der Waals surface area contributed by atoms with Crippen molar-refractivity contribution >= 4 is 38.9 Å². The van der Waals surface area contributed by atoms with Gasteiger partial charge in [0.2, 0.25) is 0 Å². The molecule has 0 saturated heterocycles. The lowest BCUT2D eigenvalue weighted by Gasteiger charge is -2.07. The van der Waals surface area contributed by atoms with E-state index in [0.29, 0.717) is 6.20 Å². The third-order valence-electron chi connectivity index (χ3n) is 3.03. The summed E-state index contributed by atoms with van der Waals surface area (Å²) in [5, 5.41) is 12.7. The maximum atomic E-state index is 12.4. The fraction of sp³-hybridized carbons (Fsp3) is 0.0667. The highest BCUT2D eigenvalue weighted by Gasteiger charge is 2.31. The average molecular weight is 439 g/mol. The molecule has 0 aliphatic heterocycles. The topological polar surface area (TPSA) is 89.3 Å². The van der Waals surface area contributed by atoms with E-state index in [1.54, 1.807) is 0 Å². The fourth-order valence-electron chi connectivity index (χ4n) is 1.86. The van der Waals surface area contributed by atoms with Gasteiger partial charge in [0.25, 0.3) is 9.84 Å². The summed E-state index contributed by atoms with van der Waals surface area (Å²) < 4.78 is 61.7. The molecule has 2 aromatic rings. The largest absolute Gasteiger partial charge is 0.446 e. The first-order valence-corrected chi connectivity index (χ1v) is 9.64. The van der Waals surface area contributed by atoms with Crippen LogP contribution >= 0.6 is 23.4 Å². The van der Waals surface area contributed by atoms with Crippen molar-refractivity contribution in [2.45, 2.75) is 15.3 Å². The van der Waals surface area contributed by atoms with Gasteiger partial charge in [0.15, 0.2) is 0 Å². The van der Waals surface area contributed by atoms with Gasteiger partial charge in [-0.1, -0.05) is 11.6 Å². The summed E-state index contributed by atoms with van der Waals surface area (Å²) >= 11 is 5.35. The summed E-state index contributed by atoms with van der Waals surface area (Å²) in [6, 6.07) is 9.55. The molecule has 2 aromatic carbocycles. The van der Waals surface area contributed by atoms with Crippen molar-refractivity contribution in [3.63, 3.8) is 0 Å². The zero-order chi connectivity index (χ0) is 20.2. The molecule has 0 heterocycles. The number of nitrogens with one attached hydrogen (secondary N) is 1. The monoisotopic (exact) mass is 438 g/mol. The Morgan fingerprint density at radius 2 is 1.67 bits per heavy atom. The van der Waals surface area contributed by atoms with E-state index in [2.05, 4.69) is 5.32 Å². The van der Waals surface area contributed by atoms with Gasteiger partial charge in [-0.05, 0) is 60.3 Å². The van der Waals surface area contributed by atoms with Crippen molar-refractivity contribution < 1.29 is 26.5 Å². The second-order valence-corrected chi connectivity index (χ2v) is 8.38. The van der Waals surface area contributed by atoms with Crippen molar-refractivity contribution in [3.05, 3.63) is 74.9 Å². The van der Waals surface area contributed by atoms with Gasteiger partial charge in [0, 0.05) is 15.6 Å². The molecular formula is C15H10ClF3N2O4S2. The van der Waals surface area contributed by atoms with Crippen LogP contribution < -0.4 is 5.32 Å². The first-order chi connectivity index (χ1) is 12.5. The minimum atomic E-state index is -4.44. The summed E-state index contributed by atoms with van der Waals surface area (Å²) in [4.78, 5) is 9.70. The number of alkyl halides is 3. The van der Waals surface area contributed by atoms with E-state index in [9.17, 15) is 31.7 Å². The van der Waals surface area contributed by atoms with Crippen LogP contribution in [-0.2, 0) is 9.84 Å². The Balaban J connectivity index is 2.25. The van der Waals surface area contributed by atoms with Crippen molar-refractivity contribution in [2.24, 2.45) is 0 Å². The van der Waals surface area contributed by atoms with Gasteiger partial charge in [-0.2, -0.15) is 13.2 Å². The lowest BCUT2D eigenvalue weighted by molar-refractivity contribution is -0.411. The minimum absolute atomic E-state index is 0.0830. The van der Waals surface area contributed by atoms with Gasteiger partial charge < -0.3 is 5.32 Å². The van der Waals surface area contributed by atoms with E-state index in [1.165, 1.54) is 24.3 Å². The number of anilines is 1. The van der Waals surface area contributed by atoms with Crippen LogP contribution in [0.5, 0.6) is 0 Å². The summed E-state index contributed by atoms with van der Waals surface area (Å²) in [7, 11) is -4.43. The van der Waals surface area contributed by atoms with Crippen molar-refractivity contribution in [3.8, 4) is 0 Å². The molecule has 0 spiro atoms. The molecule has 0 aliphatic rings. The van der Waals surface area contributed by atoms with Gasteiger partial charge in [-0.15, -0.1) is 0 Å². The molecule has 1 N–H and O–H groups in total. The summed E-state index contributed by atoms with van der Waals surface area (Å²) in [6.07, 6.45) is 0.663. The quantitative estimate of drug-likeness (QED) is 0.391. The van der Waals surface area contributed by atoms with Gasteiger partial charge in [-0.25, -0.2) is 8.42 Å². The van der Waals surface area contributed by atoms with E-state index < -0.39 is 25.3 Å². The number of nitro groups is 1. The standard InChI is InChI=1S/C15H10ClF3N2O4S2/c16-10-1-7-13(8-2-10)27(24,25)14(21(22)23)9-20-11-3-5-12(6-4-11)26-15(17,18)19/h1-9,20H/b14-9+. The minimum Gasteiger partial charge on any atom is -0.355 e. The zero-order valence-corrected chi connectivity index (χ0v) is 15.5. The number of benzene rings is 2. The first kappa shape index (κ1) is 21.1. The Bertz CT molecular complexity index is 960. The maximum Gasteiger partial charge on any atom is 0.446 e. The molecule has 2 rings (SSSR count). The summed E-state index contributed by atoms with van der Waals surface area (Å²) in [5.74, 6) is 0.